The molecule has 144 valence electrons. The van der Waals surface area contributed by atoms with Crippen LogP contribution in [-0.2, 0) is 0 Å². The van der Waals surface area contributed by atoms with Crippen LogP contribution < -0.4 is 14.2 Å². The van der Waals surface area contributed by atoms with Crippen LogP contribution in [0.5, 0.6) is 17.2 Å². The van der Waals surface area contributed by atoms with E-state index in [4.69, 9.17) is 25.8 Å². The van der Waals surface area contributed by atoms with Crippen molar-refractivity contribution in [3.8, 4) is 28.5 Å². The van der Waals surface area contributed by atoms with E-state index >= 15 is 0 Å². The molecule has 28 heavy (non-hydrogen) atoms. The predicted molar refractivity (Wildman–Crippen MR) is 109 cm³/mol. The fraction of sp³-hybridized carbons (Fsp3) is 0.182. The summed E-state index contributed by atoms with van der Waals surface area (Å²) < 4.78 is 16.0. The Kier molecular flexibility index (Phi) is 5.85. The molecule has 0 radical (unpaired) electrons. The molecule has 0 saturated carbocycles. The first-order valence-corrected chi connectivity index (χ1v) is 8.94. The van der Waals surface area contributed by atoms with E-state index in [-0.39, 0.29) is 5.78 Å². The first kappa shape index (κ1) is 19.7. The lowest BCUT2D eigenvalue weighted by Crippen LogP contribution is -2.06. The van der Waals surface area contributed by atoms with Gasteiger partial charge in [-0.3, -0.25) is 4.79 Å². The number of ether oxygens (including phenoxy) is 3. The number of carbonyl (C=O) groups is 1. The molecular formula is C22H20ClNO4. The molecular weight excluding hydrogens is 378 g/mol. The molecule has 0 saturated heterocycles. The van der Waals surface area contributed by atoms with Crippen molar-refractivity contribution in [2.45, 2.75) is 6.92 Å². The molecule has 5 nitrogen and oxygen atoms in total. The number of rotatable bonds is 6. The average molecular weight is 398 g/mol. The van der Waals surface area contributed by atoms with E-state index in [1.165, 1.54) is 21.3 Å². The van der Waals surface area contributed by atoms with E-state index in [9.17, 15) is 4.79 Å². The van der Waals surface area contributed by atoms with Gasteiger partial charge in [0.25, 0.3) is 0 Å². The Morgan fingerprint density at radius 3 is 2.18 bits per heavy atom. The summed E-state index contributed by atoms with van der Waals surface area (Å²) in [7, 11) is 4.52. The number of nitrogens with zero attached hydrogens (tertiary/aromatic N) is 1. The Bertz CT molecular complexity index is 1010. The molecule has 2 aromatic carbocycles. The number of hydrogen-bond donors (Lipinski definition) is 0. The van der Waals surface area contributed by atoms with Crippen molar-refractivity contribution in [1.82, 2.24) is 4.98 Å². The molecule has 0 aliphatic rings. The fourth-order valence-corrected chi connectivity index (χ4v) is 3.01. The lowest BCUT2D eigenvalue weighted by Gasteiger charge is -2.13. The maximum atomic E-state index is 13.0. The van der Waals surface area contributed by atoms with Crippen molar-refractivity contribution in [3.05, 3.63) is 70.4 Å². The van der Waals surface area contributed by atoms with Gasteiger partial charge in [0.15, 0.2) is 11.5 Å². The van der Waals surface area contributed by atoms with Gasteiger partial charge in [0.2, 0.25) is 11.5 Å². The van der Waals surface area contributed by atoms with E-state index in [0.29, 0.717) is 39.2 Å². The molecule has 0 spiro atoms. The van der Waals surface area contributed by atoms with E-state index in [1.54, 1.807) is 24.3 Å². The van der Waals surface area contributed by atoms with Crippen molar-refractivity contribution in [2.75, 3.05) is 21.3 Å². The second-order valence-corrected chi connectivity index (χ2v) is 6.52. The third-order valence-electron chi connectivity index (χ3n) is 4.38. The highest BCUT2D eigenvalue weighted by Crippen LogP contribution is 2.38. The van der Waals surface area contributed by atoms with Crippen LogP contribution >= 0.6 is 11.6 Å². The lowest BCUT2D eigenvalue weighted by atomic mass is 10.0. The van der Waals surface area contributed by atoms with E-state index in [0.717, 1.165) is 11.1 Å². The van der Waals surface area contributed by atoms with Gasteiger partial charge in [-0.1, -0.05) is 29.8 Å². The summed E-state index contributed by atoms with van der Waals surface area (Å²) in [6, 6.07) is 14.2. The molecule has 0 aliphatic carbocycles. The average Bonchev–Trinajstić information content (AvgIpc) is 2.74. The number of aryl methyl sites for hydroxylation is 1. The molecule has 0 amide bonds. The van der Waals surface area contributed by atoms with E-state index in [1.807, 2.05) is 31.2 Å². The highest BCUT2D eigenvalue weighted by molar-refractivity contribution is 6.31. The lowest BCUT2D eigenvalue weighted by molar-refractivity contribution is 0.103. The number of benzene rings is 2. The van der Waals surface area contributed by atoms with Crippen LogP contribution in [0.15, 0.2) is 48.5 Å². The highest BCUT2D eigenvalue weighted by Gasteiger charge is 2.19. The molecule has 0 fully saturated rings. The van der Waals surface area contributed by atoms with Gasteiger partial charge in [-0.05, 0) is 42.8 Å². The zero-order chi connectivity index (χ0) is 20.3. The Labute approximate surface area is 168 Å². The van der Waals surface area contributed by atoms with Crippen LogP contribution in [-0.4, -0.2) is 32.1 Å². The quantitative estimate of drug-likeness (QED) is 0.550. The van der Waals surface area contributed by atoms with Crippen molar-refractivity contribution in [1.29, 1.82) is 0 Å². The van der Waals surface area contributed by atoms with E-state index < -0.39 is 0 Å². The molecule has 1 heterocycles. The SMILES string of the molecule is COc1cc(C(=O)c2cccc(-c3ccc(C)c(Cl)c3)n2)cc(OC)c1OC. The predicted octanol–water partition coefficient (Wildman–Crippen LogP) is 4.97. The molecule has 0 unspecified atom stereocenters. The number of aromatic nitrogens is 1. The Morgan fingerprint density at radius 1 is 0.929 bits per heavy atom. The van der Waals surface area contributed by atoms with Crippen LogP contribution in [0.1, 0.15) is 21.6 Å². The Balaban J connectivity index is 2.02. The number of carbonyl (C=O) groups excluding carboxylic acids is 1. The fourth-order valence-electron chi connectivity index (χ4n) is 2.83. The normalized spacial score (nSPS) is 10.5. The van der Waals surface area contributed by atoms with E-state index in [2.05, 4.69) is 4.98 Å². The summed E-state index contributed by atoms with van der Waals surface area (Å²) in [4.78, 5) is 17.6. The summed E-state index contributed by atoms with van der Waals surface area (Å²) in [5.74, 6) is 0.996. The molecule has 3 aromatic rings. The molecule has 0 N–H and O–H groups in total. The van der Waals surface area contributed by atoms with Crippen molar-refractivity contribution in [3.63, 3.8) is 0 Å². The van der Waals surface area contributed by atoms with Gasteiger partial charge in [0.1, 0.15) is 5.69 Å². The summed E-state index contributed by atoms with van der Waals surface area (Å²) in [6.07, 6.45) is 0. The summed E-state index contributed by atoms with van der Waals surface area (Å²) >= 11 is 6.22. The maximum Gasteiger partial charge on any atom is 0.211 e. The third-order valence-corrected chi connectivity index (χ3v) is 4.78. The van der Waals surface area contributed by atoms with Gasteiger partial charge in [-0.15, -0.1) is 0 Å². The van der Waals surface area contributed by atoms with Gasteiger partial charge in [0, 0.05) is 16.1 Å². The Hall–Kier alpha value is -3.05. The molecule has 3 rings (SSSR count). The number of hydrogen-bond acceptors (Lipinski definition) is 5. The second-order valence-electron chi connectivity index (χ2n) is 6.12. The topological polar surface area (TPSA) is 57.7 Å². The first-order chi connectivity index (χ1) is 13.5. The van der Waals surface area contributed by atoms with Gasteiger partial charge < -0.3 is 14.2 Å². The minimum absolute atomic E-state index is 0.251. The highest BCUT2D eigenvalue weighted by atomic mass is 35.5. The van der Waals surface area contributed by atoms with Crippen molar-refractivity contribution < 1.29 is 19.0 Å². The van der Waals surface area contributed by atoms with Crippen LogP contribution in [0, 0.1) is 6.92 Å². The van der Waals surface area contributed by atoms with Crippen LogP contribution in [0.3, 0.4) is 0 Å². The van der Waals surface area contributed by atoms with Gasteiger partial charge in [-0.25, -0.2) is 4.98 Å². The molecule has 0 bridgehead atoms. The summed E-state index contributed by atoms with van der Waals surface area (Å²) in [5, 5.41) is 0.653. The number of methoxy groups -OCH3 is 3. The second kappa shape index (κ2) is 8.31. The van der Waals surface area contributed by atoms with Crippen LogP contribution in [0.2, 0.25) is 5.02 Å². The van der Waals surface area contributed by atoms with Gasteiger partial charge in [-0.2, -0.15) is 0 Å². The minimum atomic E-state index is -0.251. The third kappa shape index (κ3) is 3.80. The standard InChI is InChI=1S/C22H20ClNO4/c1-13-8-9-14(10-16(13)23)17-6-5-7-18(24-17)21(25)15-11-19(26-2)22(28-4)20(12-15)27-3/h5-12H,1-4H3. The molecule has 0 atom stereocenters. The zero-order valence-corrected chi connectivity index (χ0v) is 16.8. The number of halogens is 1. The summed E-state index contributed by atoms with van der Waals surface area (Å²) in [6.45, 7) is 1.93. The number of ketones is 1. The first-order valence-electron chi connectivity index (χ1n) is 8.56. The minimum Gasteiger partial charge on any atom is -0.493 e. The van der Waals surface area contributed by atoms with Crippen molar-refractivity contribution >= 4 is 17.4 Å². The smallest absolute Gasteiger partial charge is 0.211 e. The van der Waals surface area contributed by atoms with Gasteiger partial charge >= 0.3 is 0 Å². The molecule has 1 aromatic heterocycles. The molecule has 6 heteroatoms. The molecule has 0 aliphatic heterocycles. The summed E-state index contributed by atoms with van der Waals surface area (Å²) in [5.41, 5.74) is 3.19. The Morgan fingerprint density at radius 2 is 1.61 bits per heavy atom. The van der Waals surface area contributed by atoms with Crippen LogP contribution in [0.25, 0.3) is 11.3 Å². The van der Waals surface area contributed by atoms with Crippen molar-refractivity contribution in [2.24, 2.45) is 0 Å². The zero-order valence-electron chi connectivity index (χ0n) is 16.1. The number of pyridine rings is 1. The largest absolute Gasteiger partial charge is 0.493 e. The van der Waals surface area contributed by atoms with Crippen LogP contribution in [0.4, 0.5) is 0 Å². The maximum absolute atomic E-state index is 13.0. The monoisotopic (exact) mass is 397 g/mol. The van der Waals surface area contributed by atoms with Gasteiger partial charge in [0.05, 0.1) is 27.0 Å².